The summed E-state index contributed by atoms with van der Waals surface area (Å²) in [6.45, 7) is 0. The zero-order chi connectivity index (χ0) is 13.0. The minimum absolute atomic E-state index is 0.556. The Morgan fingerprint density at radius 1 is 1.44 bits per heavy atom. The van der Waals surface area contributed by atoms with Gasteiger partial charge in [-0.15, -0.1) is 11.8 Å². The molecule has 1 aromatic rings. The molecule has 1 N–H and O–H groups in total. The molecule has 0 aromatic heterocycles. The molecule has 3 nitrogen and oxygen atoms in total. The summed E-state index contributed by atoms with van der Waals surface area (Å²) in [7, 11) is 1.64. The molecule has 0 aliphatic carbocycles. The van der Waals surface area contributed by atoms with Gasteiger partial charge in [-0.25, -0.2) is 0 Å². The fraction of sp³-hybridized carbons (Fsp3) is 0.500. The van der Waals surface area contributed by atoms with Crippen LogP contribution in [0.3, 0.4) is 0 Å². The molecule has 1 heterocycles. The summed E-state index contributed by atoms with van der Waals surface area (Å²) >= 11 is 1.60. The third-order valence-corrected chi connectivity index (χ3v) is 5.10. The highest BCUT2D eigenvalue weighted by Gasteiger charge is 2.41. The van der Waals surface area contributed by atoms with E-state index in [9.17, 15) is 9.90 Å². The summed E-state index contributed by atoms with van der Waals surface area (Å²) in [5, 5.41) is 9.38. The fourth-order valence-corrected chi connectivity index (χ4v) is 3.65. The van der Waals surface area contributed by atoms with Crippen LogP contribution in [-0.2, 0) is 11.2 Å². The molecule has 1 unspecified atom stereocenters. The second kappa shape index (κ2) is 5.65. The Morgan fingerprint density at radius 3 is 2.67 bits per heavy atom. The topological polar surface area (TPSA) is 46.5 Å². The lowest BCUT2D eigenvalue weighted by Crippen LogP contribution is -2.32. The van der Waals surface area contributed by atoms with E-state index in [0.29, 0.717) is 6.42 Å². The molecule has 0 radical (unpaired) electrons. The SMILES string of the molecule is COc1ccc(CCC2(C(=O)O)CCCS2)cc1. The molecule has 18 heavy (non-hydrogen) atoms. The lowest BCUT2D eigenvalue weighted by Gasteiger charge is -2.22. The van der Waals surface area contributed by atoms with E-state index >= 15 is 0 Å². The number of hydrogen-bond acceptors (Lipinski definition) is 3. The van der Waals surface area contributed by atoms with Crippen molar-refractivity contribution in [2.45, 2.75) is 30.4 Å². The van der Waals surface area contributed by atoms with Gasteiger partial charge in [0.2, 0.25) is 0 Å². The zero-order valence-electron chi connectivity index (χ0n) is 10.5. The molecule has 1 aromatic carbocycles. The van der Waals surface area contributed by atoms with Crippen molar-refractivity contribution >= 4 is 17.7 Å². The Hall–Kier alpha value is -1.16. The maximum Gasteiger partial charge on any atom is 0.319 e. The lowest BCUT2D eigenvalue weighted by atomic mass is 9.95. The van der Waals surface area contributed by atoms with Crippen LogP contribution in [0, 0.1) is 0 Å². The predicted octanol–water partition coefficient (Wildman–Crippen LogP) is 2.98. The van der Waals surface area contributed by atoms with Crippen LogP contribution in [0.4, 0.5) is 0 Å². The number of rotatable bonds is 5. The summed E-state index contributed by atoms with van der Waals surface area (Å²) in [6, 6.07) is 7.86. The third-order valence-electron chi connectivity index (χ3n) is 3.47. The Bertz CT molecular complexity index is 408. The van der Waals surface area contributed by atoms with Gasteiger partial charge in [0.1, 0.15) is 10.5 Å². The van der Waals surface area contributed by atoms with E-state index in [1.54, 1.807) is 18.9 Å². The van der Waals surface area contributed by atoms with Gasteiger partial charge in [0.15, 0.2) is 0 Å². The van der Waals surface area contributed by atoms with Gasteiger partial charge in [0, 0.05) is 0 Å². The van der Waals surface area contributed by atoms with Crippen LogP contribution >= 0.6 is 11.8 Å². The van der Waals surface area contributed by atoms with E-state index in [2.05, 4.69) is 0 Å². The van der Waals surface area contributed by atoms with Crippen molar-refractivity contribution in [1.82, 2.24) is 0 Å². The Kier molecular flexibility index (Phi) is 4.17. The minimum Gasteiger partial charge on any atom is -0.497 e. The molecule has 0 saturated carbocycles. The van der Waals surface area contributed by atoms with E-state index in [1.807, 2.05) is 24.3 Å². The second-order valence-corrected chi connectivity index (χ2v) is 6.08. The van der Waals surface area contributed by atoms with Gasteiger partial charge in [-0.05, 0) is 49.1 Å². The summed E-state index contributed by atoms with van der Waals surface area (Å²) in [5.41, 5.74) is 1.17. The number of carboxylic acid groups (broad SMARTS) is 1. The van der Waals surface area contributed by atoms with Crippen LogP contribution < -0.4 is 4.74 Å². The number of carboxylic acids is 1. The summed E-state index contributed by atoms with van der Waals surface area (Å²) in [4.78, 5) is 11.4. The highest BCUT2D eigenvalue weighted by atomic mass is 32.2. The highest BCUT2D eigenvalue weighted by Crippen LogP contribution is 2.41. The molecule has 4 heteroatoms. The van der Waals surface area contributed by atoms with E-state index in [0.717, 1.165) is 30.8 Å². The number of ether oxygens (including phenoxy) is 1. The monoisotopic (exact) mass is 266 g/mol. The average Bonchev–Trinajstić information content (AvgIpc) is 2.87. The minimum atomic E-state index is -0.654. The van der Waals surface area contributed by atoms with Crippen molar-refractivity contribution in [3.05, 3.63) is 29.8 Å². The van der Waals surface area contributed by atoms with Crippen LogP contribution in [0.15, 0.2) is 24.3 Å². The van der Waals surface area contributed by atoms with Crippen molar-refractivity contribution in [2.75, 3.05) is 12.9 Å². The van der Waals surface area contributed by atoms with Crippen LogP contribution in [0.1, 0.15) is 24.8 Å². The predicted molar refractivity (Wildman–Crippen MR) is 73.4 cm³/mol. The first-order valence-corrected chi connectivity index (χ1v) is 7.15. The normalized spacial score (nSPS) is 22.9. The highest BCUT2D eigenvalue weighted by molar-refractivity contribution is 8.01. The van der Waals surface area contributed by atoms with Gasteiger partial charge in [-0.3, -0.25) is 4.79 Å². The van der Waals surface area contributed by atoms with Crippen LogP contribution in [0.2, 0.25) is 0 Å². The number of thioether (sulfide) groups is 1. The quantitative estimate of drug-likeness (QED) is 0.890. The second-order valence-electron chi connectivity index (χ2n) is 4.60. The molecular formula is C14H18O3S. The largest absolute Gasteiger partial charge is 0.497 e. The molecule has 0 bridgehead atoms. The van der Waals surface area contributed by atoms with Gasteiger partial charge in [0.05, 0.1) is 7.11 Å². The first-order valence-electron chi connectivity index (χ1n) is 6.16. The van der Waals surface area contributed by atoms with Crippen molar-refractivity contribution < 1.29 is 14.6 Å². The molecule has 1 aliphatic heterocycles. The number of aryl methyl sites for hydroxylation is 1. The average molecular weight is 266 g/mol. The number of hydrogen-bond donors (Lipinski definition) is 1. The van der Waals surface area contributed by atoms with E-state index in [4.69, 9.17) is 4.74 Å². The number of aliphatic carboxylic acids is 1. The Labute approximate surface area is 112 Å². The molecule has 2 rings (SSSR count). The Morgan fingerprint density at radius 2 is 2.17 bits per heavy atom. The summed E-state index contributed by atoms with van der Waals surface area (Å²) < 4.78 is 4.55. The van der Waals surface area contributed by atoms with Crippen LogP contribution in [-0.4, -0.2) is 28.7 Å². The number of methoxy groups -OCH3 is 1. The zero-order valence-corrected chi connectivity index (χ0v) is 11.3. The van der Waals surface area contributed by atoms with Crippen molar-refractivity contribution in [1.29, 1.82) is 0 Å². The third kappa shape index (κ3) is 2.80. The van der Waals surface area contributed by atoms with Crippen molar-refractivity contribution in [3.8, 4) is 5.75 Å². The van der Waals surface area contributed by atoms with E-state index < -0.39 is 10.7 Å². The van der Waals surface area contributed by atoms with E-state index in [-0.39, 0.29) is 0 Å². The maximum absolute atomic E-state index is 11.4. The molecule has 1 fully saturated rings. The van der Waals surface area contributed by atoms with Gasteiger partial charge >= 0.3 is 5.97 Å². The lowest BCUT2D eigenvalue weighted by molar-refractivity contribution is -0.140. The summed E-state index contributed by atoms with van der Waals surface area (Å²) in [5.74, 6) is 1.15. The number of benzene rings is 1. The number of carbonyl (C=O) groups is 1. The Balaban J connectivity index is 1.99. The van der Waals surface area contributed by atoms with Gasteiger partial charge in [0.25, 0.3) is 0 Å². The molecule has 1 saturated heterocycles. The smallest absolute Gasteiger partial charge is 0.319 e. The maximum atomic E-state index is 11.4. The molecular weight excluding hydrogens is 248 g/mol. The van der Waals surface area contributed by atoms with Gasteiger partial charge < -0.3 is 9.84 Å². The molecule has 0 spiro atoms. The fourth-order valence-electron chi connectivity index (χ4n) is 2.31. The van der Waals surface area contributed by atoms with Gasteiger partial charge in [-0.1, -0.05) is 12.1 Å². The van der Waals surface area contributed by atoms with Crippen LogP contribution in [0.5, 0.6) is 5.75 Å². The summed E-state index contributed by atoms with van der Waals surface area (Å²) in [6.07, 6.45) is 3.32. The van der Waals surface area contributed by atoms with E-state index in [1.165, 1.54) is 5.56 Å². The standard InChI is InChI=1S/C14H18O3S/c1-17-12-5-3-11(4-6-12)7-9-14(13(15)16)8-2-10-18-14/h3-6H,2,7-10H2,1H3,(H,15,16). The molecule has 0 amide bonds. The first kappa shape index (κ1) is 13.3. The van der Waals surface area contributed by atoms with Crippen molar-refractivity contribution in [3.63, 3.8) is 0 Å². The molecule has 98 valence electrons. The van der Waals surface area contributed by atoms with Crippen molar-refractivity contribution in [2.24, 2.45) is 0 Å². The van der Waals surface area contributed by atoms with Crippen LogP contribution in [0.25, 0.3) is 0 Å². The molecule has 1 aliphatic rings. The van der Waals surface area contributed by atoms with Gasteiger partial charge in [-0.2, -0.15) is 0 Å². The first-order chi connectivity index (χ1) is 8.66. The molecule has 1 atom stereocenters.